The van der Waals surface area contributed by atoms with Gasteiger partial charge in [0.25, 0.3) is 0 Å². The standard InChI is InChI=1S/C42H26N2O/c1-2-10-27(11-3-1)28-18-20-29(21-19-28)44-36-15-7-4-12-31(36)34-24-25-38-41(42(34)44)35-14-5-8-16-37(35)43(38)30-22-23-33-32-13-6-9-17-39(32)45-40(33)26-30/h1-26H. The molecule has 210 valence electrons. The van der Waals surface area contributed by atoms with Crippen LogP contribution in [0.2, 0.25) is 0 Å². The number of fused-ring (bicyclic) bond motifs is 10. The fraction of sp³-hybridized carbons (Fsp3) is 0. The molecule has 0 aliphatic heterocycles. The molecule has 0 saturated carbocycles. The number of para-hydroxylation sites is 3. The van der Waals surface area contributed by atoms with Crippen molar-refractivity contribution in [3.8, 4) is 22.5 Å². The Labute approximate surface area is 258 Å². The zero-order valence-electron chi connectivity index (χ0n) is 24.3. The van der Waals surface area contributed by atoms with E-state index in [4.69, 9.17) is 4.42 Å². The number of furan rings is 1. The molecule has 3 heterocycles. The van der Waals surface area contributed by atoms with Gasteiger partial charge in [-0.1, -0.05) is 103 Å². The summed E-state index contributed by atoms with van der Waals surface area (Å²) in [6.07, 6.45) is 0. The van der Waals surface area contributed by atoms with E-state index in [2.05, 4.69) is 155 Å². The smallest absolute Gasteiger partial charge is 0.137 e. The Kier molecular flexibility index (Phi) is 5.00. The van der Waals surface area contributed by atoms with Gasteiger partial charge in [-0.05, 0) is 59.7 Å². The van der Waals surface area contributed by atoms with Crippen molar-refractivity contribution in [2.24, 2.45) is 0 Å². The lowest BCUT2D eigenvalue weighted by Crippen LogP contribution is -1.95. The van der Waals surface area contributed by atoms with Crippen molar-refractivity contribution in [3.63, 3.8) is 0 Å². The molecule has 0 spiro atoms. The second-order valence-electron chi connectivity index (χ2n) is 11.8. The van der Waals surface area contributed by atoms with Gasteiger partial charge in [-0.25, -0.2) is 0 Å². The maximum Gasteiger partial charge on any atom is 0.137 e. The molecule has 3 aromatic heterocycles. The third-order valence-corrected chi connectivity index (χ3v) is 9.32. The lowest BCUT2D eigenvalue weighted by molar-refractivity contribution is 0.668. The first kappa shape index (κ1) is 24.4. The number of benzene rings is 7. The molecule has 0 aliphatic carbocycles. The summed E-state index contributed by atoms with van der Waals surface area (Å²) in [5, 5.41) is 7.26. The fourth-order valence-electron chi connectivity index (χ4n) is 7.34. The van der Waals surface area contributed by atoms with Crippen LogP contribution in [0.25, 0.3) is 88.1 Å². The number of hydrogen-bond acceptors (Lipinski definition) is 1. The first-order valence-corrected chi connectivity index (χ1v) is 15.4. The quantitative estimate of drug-likeness (QED) is 0.206. The van der Waals surface area contributed by atoms with Gasteiger partial charge in [-0.15, -0.1) is 0 Å². The lowest BCUT2D eigenvalue weighted by Gasteiger charge is -2.11. The Balaban J connectivity index is 1.29. The third kappa shape index (κ3) is 3.46. The van der Waals surface area contributed by atoms with E-state index in [0.717, 1.165) is 33.3 Å². The van der Waals surface area contributed by atoms with Gasteiger partial charge in [-0.3, -0.25) is 0 Å². The molecule has 0 bridgehead atoms. The van der Waals surface area contributed by atoms with Gasteiger partial charge in [0, 0.05) is 49.8 Å². The highest BCUT2D eigenvalue weighted by Crippen LogP contribution is 2.42. The Morgan fingerprint density at radius 3 is 1.78 bits per heavy atom. The van der Waals surface area contributed by atoms with Crippen LogP contribution in [-0.4, -0.2) is 9.13 Å². The Morgan fingerprint density at radius 2 is 0.956 bits per heavy atom. The molecule has 10 aromatic rings. The molecule has 0 fully saturated rings. The molecule has 10 rings (SSSR count). The van der Waals surface area contributed by atoms with Gasteiger partial charge >= 0.3 is 0 Å². The van der Waals surface area contributed by atoms with E-state index in [1.165, 1.54) is 54.7 Å². The van der Waals surface area contributed by atoms with Crippen molar-refractivity contribution in [3.05, 3.63) is 158 Å². The van der Waals surface area contributed by atoms with E-state index in [1.807, 2.05) is 12.1 Å². The highest BCUT2D eigenvalue weighted by Gasteiger charge is 2.21. The van der Waals surface area contributed by atoms with E-state index in [-0.39, 0.29) is 0 Å². The lowest BCUT2D eigenvalue weighted by atomic mass is 10.1. The maximum absolute atomic E-state index is 6.33. The normalized spacial score (nSPS) is 12.0. The van der Waals surface area contributed by atoms with Crippen LogP contribution in [0.15, 0.2) is 162 Å². The summed E-state index contributed by atoms with van der Waals surface area (Å²) in [5.74, 6) is 0. The van der Waals surface area contributed by atoms with Gasteiger partial charge in [0.05, 0.1) is 22.1 Å². The van der Waals surface area contributed by atoms with Crippen LogP contribution >= 0.6 is 0 Å². The molecule has 3 heteroatoms. The zero-order valence-corrected chi connectivity index (χ0v) is 24.3. The summed E-state index contributed by atoms with van der Waals surface area (Å²) in [4.78, 5) is 0. The number of nitrogens with zero attached hydrogens (tertiary/aromatic N) is 2. The Hall–Kier alpha value is -6.06. The minimum Gasteiger partial charge on any atom is -0.456 e. The van der Waals surface area contributed by atoms with Gasteiger partial charge in [0.1, 0.15) is 11.2 Å². The van der Waals surface area contributed by atoms with Crippen LogP contribution in [0, 0.1) is 0 Å². The molecule has 0 amide bonds. The second kappa shape index (κ2) is 9.22. The van der Waals surface area contributed by atoms with Crippen LogP contribution in [0.5, 0.6) is 0 Å². The molecule has 7 aromatic carbocycles. The van der Waals surface area contributed by atoms with Crippen molar-refractivity contribution < 1.29 is 4.42 Å². The first-order chi connectivity index (χ1) is 22.3. The first-order valence-electron chi connectivity index (χ1n) is 15.4. The number of aromatic nitrogens is 2. The molecule has 0 aliphatic rings. The summed E-state index contributed by atoms with van der Waals surface area (Å²) in [7, 11) is 0. The zero-order chi connectivity index (χ0) is 29.5. The molecule has 0 unspecified atom stereocenters. The van der Waals surface area contributed by atoms with Crippen LogP contribution in [0.1, 0.15) is 0 Å². The van der Waals surface area contributed by atoms with Crippen molar-refractivity contribution in [1.29, 1.82) is 0 Å². The predicted molar refractivity (Wildman–Crippen MR) is 188 cm³/mol. The highest BCUT2D eigenvalue weighted by molar-refractivity contribution is 6.26. The fourth-order valence-corrected chi connectivity index (χ4v) is 7.34. The van der Waals surface area contributed by atoms with E-state index < -0.39 is 0 Å². The summed E-state index contributed by atoms with van der Waals surface area (Å²) in [6.45, 7) is 0. The topological polar surface area (TPSA) is 23.0 Å². The molecule has 0 N–H and O–H groups in total. The van der Waals surface area contributed by atoms with Crippen LogP contribution in [0.3, 0.4) is 0 Å². The van der Waals surface area contributed by atoms with Crippen molar-refractivity contribution in [2.45, 2.75) is 0 Å². The highest BCUT2D eigenvalue weighted by atomic mass is 16.3. The molecule has 0 atom stereocenters. The minimum atomic E-state index is 0.897. The molecule has 3 nitrogen and oxygen atoms in total. The second-order valence-corrected chi connectivity index (χ2v) is 11.8. The molecule has 0 saturated heterocycles. The van der Waals surface area contributed by atoms with E-state index in [1.54, 1.807) is 0 Å². The van der Waals surface area contributed by atoms with Crippen molar-refractivity contribution >= 4 is 65.6 Å². The summed E-state index contributed by atoms with van der Waals surface area (Å²) in [5.41, 5.74) is 11.2. The molecule has 0 radical (unpaired) electrons. The largest absolute Gasteiger partial charge is 0.456 e. The Morgan fingerprint density at radius 1 is 0.356 bits per heavy atom. The monoisotopic (exact) mass is 574 g/mol. The van der Waals surface area contributed by atoms with Gasteiger partial charge in [0.15, 0.2) is 0 Å². The average molecular weight is 575 g/mol. The average Bonchev–Trinajstić information content (AvgIpc) is 3.76. The molecular formula is C42H26N2O. The van der Waals surface area contributed by atoms with Gasteiger partial charge < -0.3 is 13.6 Å². The van der Waals surface area contributed by atoms with E-state index in [9.17, 15) is 0 Å². The molecule has 45 heavy (non-hydrogen) atoms. The summed E-state index contributed by atoms with van der Waals surface area (Å²) < 4.78 is 11.2. The van der Waals surface area contributed by atoms with Crippen LogP contribution in [0.4, 0.5) is 0 Å². The third-order valence-electron chi connectivity index (χ3n) is 9.32. The van der Waals surface area contributed by atoms with Crippen LogP contribution in [-0.2, 0) is 0 Å². The van der Waals surface area contributed by atoms with Gasteiger partial charge in [0.2, 0.25) is 0 Å². The summed E-state index contributed by atoms with van der Waals surface area (Å²) in [6, 6.07) is 56.5. The minimum absolute atomic E-state index is 0.897. The SMILES string of the molecule is c1ccc(-c2ccc(-n3c4ccccc4c4ccc5c(c6ccccc6n5-c5ccc6c(c5)oc5ccccc56)c43)cc2)cc1. The van der Waals surface area contributed by atoms with Gasteiger partial charge in [-0.2, -0.15) is 0 Å². The Bertz CT molecular complexity index is 2740. The van der Waals surface area contributed by atoms with E-state index >= 15 is 0 Å². The van der Waals surface area contributed by atoms with E-state index in [0.29, 0.717) is 0 Å². The predicted octanol–water partition coefficient (Wildman–Crippen LogP) is 11.4. The maximum atomic E-state index is 6.33. The summed E-state index contributed by atoms with van der Waals surface area (Å²) >= 11 is 0. The number of hydrogen-bond donors (Lipinski definition) is 0. The number of rotatable bonds is 3. The van der Waals surface area contributed by atoms with Crippen LogP contribution < -0.4 is 0 Å². The van der Waals surface area contributed by atoms with Crippen molar-refractivity contribution in [2.75, 3.05) is 0 Å². The van der Waals surface area contributed by atoms with Crippen molar-refractivity contribution in [1.82, 2.24) is 9.13 Å². The molecular weight excluding hydrogens is 548 g/mol.